The molecule has 0 aromatic heterocycles. The second kappa shape index (κ2) is 7.85. The lowest BCUT2D eigenvalue weighted by Crippen LogP contribution is -2.47. The first-order valence-electron chi connectivity index (χ1n) is 7.64. The number of hydrogen-bond donors (Lipinski definition) is 2. The van der Waals surface area contributed by atoms with E-state index in [9.17, 15) is 4.79 Å². The van der Waals surface area contributed by atoms with Crippen molar-refractivity contribution in [3.63, 3.8) is 0 Å². The summed E-state index contributed by atoms with van der Waals surface area (Å²) in [4.78, 5) is 12.7. The quantitative estimate of drug-likeness (QED) is 0.818. The number of carbonyl (C=O) groups excluding carboxylic acids is 1. The third-order valence-electron chi connectivity index (χ3n) is 4.15. The van der Waals surface area contributed by atoms with Gasteiger partial charge in [0.05, 0.1) is 12.1 Å². The molecule has 0 bridgehead atoms. The molecule has 0 fully saturated rings. The summed E-state index contributed by atoms with van der Waals surface area (Å²) in [6.45, 7) is 8.59. The lowest BCUT2D eigenvalue weighted by molar-refractivity contribution is 0.0888. The van der Waals surface area contributed by atoms with E-state index in [1.807, 2.05) is 25.1 Å². The summed E-state index contributed by atoms with van der Waals surface area (Å²) in [5.74, 6) is 5.76. The van der Waals surface area contributed by atoms with Crippen molar-refractivity contribution >= 4 is 5.91 Å². The van der Waals surface area contributed by atoms with E-state index in [2.05, 4.69) is 37.9 Å². The van der Waals surface area contributed by atoms with Gasteiger partial charge in [0.15, 0.2) is 0 Å². The number of aryl methyl sites for hydroxylation is 1. The standard InChI is InChI=1S/C18H26N2O/c1-5-18(6-2,7-3)20-17(21)16-13-14(4)10-11-15(16)9-8-12-19/h10-11,13H,5-7,12,19H2,1-4H3,(H,20,21). The van der Waals surface area contributed by atoms with Crippen molar-refractivity contribution in [1.82, 2.24) is 5.32 Å². The molecule has 3 heteroatoms. The first-order chi connectivity index (χ1) is 10.0. The maximum absolute atomic E-state index is 12.7. The maximum Gasteiger partial charge on any atom is 0.252 e. The van der Waals surface area contributed by atoms with Crippen LogP contribution >= 0.6 is 0 Å². The second-order valence-corrected chi connectivity index (χ2v) is 5.35. The normalized spacial score (nSPS) is 10.7. The number of rotatable bonds is 5. The van der Waals surface area contributed by atoms with Crippen molar-refractivity contribution in [2.45, 2.75) is 52.5 Å². The Kier molecular flexibility index (Phi) is 6.45. The lowest BCUT2D eigenvalue weighted by atomic mass is 9.89. The molecule has 0 atom stereocenters. The van der Waals surface area contributed by atoms with Gasteiger partial charge in [-0.15, -0.1) is 0 Å². The molecule has 1 amide bonds. The van der Waals surface area contributed by atoms with Gasteiger partial charge in [0.25, 0.3) is 5.91 Å². The van der Waals surface area contributed by atoms with Crippen LogP contribution in [0.1, 0.15) is 61.5 Å². The molecule has 0 aliphatic heterocycles. The van der Waals surface area contributed by atoms with Gasteiger partial charge in [0.2, 0.25) is 0 Å². The van der Waals surface area contributed by atoms with Gasteiger partial charge in [-0.25, -0.2) is 0 Å². The molecule has 0 aliphatic carbocycles. The SMILES string of the molecule is CCC(CC)(CC)NC(=O)c1cc(C)ccc1C#CCN. The summed E-state index contributed by atoms with van der Waals surface area (Å²) in [6.07, 6.45) is 2.75. The molecule has 21 heavy (non-hydrogen) atoms. The number of hydrogen-bond acceptors (Lipinski definition) is 2. The van der Waals surface area contributed by atoms with E-state index in [1.165, 1.54) is 0 Å². The van der Waals surface area contributed by atoms with Gasteiger partial charge in [-0.2, -0.15) is 0 Å². The van der Waals surface area contributed by atoms with Gasteiger partial charge in [0, 0.05) is 11.1 Å². The molecule has 0 spiro atoms. The van der Waals surface area contributed by atoms with Crippen LogP contribution in [-0.4, -0.2) is 18.0 Å². The van der Waals surface area contributed by atoms with Crippen LogP contribution in [0.3, 0.4) is 0 Å². The topological polar surface area (TPSA) is 55.1 Å². The fraction of sp³-hybridized carbons (Fsp3) is 0.500. The minimum Gasteiger partial charge on any atom is -0.347 e. The highest BCUT2D eigenvalue weighted by Gasteiger charge is 2.27. The van der Waals surface area contributed by atoms with Crippen LogP contribution in [0.2, 0.25) is 0 Å². The lowest BCUT2D eigenvalue weighted by Gasteiger charge is -2.32. The predicted octanol–water partition coefficient (Wildman–Crippen LogP) is 3.00. The number of amides is 1. The number of nitrogens with one attached hydrogen (secondary N) is 1. The van der Waals surface area contributed by atoms with Gasteiger partial charge in [0.1, 0.15) is 0 Å². The average Bonchev–Trinajstić information content (AvgIpc) is 2.51. The minimum absolute atomic E-state index is 0.0504. The Labute approximate surface area is 128 Å². The molecule has 0 saturated carbocycles. The van der Waals surface area contributed by atoms with Crippen LogP contribution in [0.15, 0.2) is 18.2 Å². The molecule has 0 unspecified atom stereocenters. The van der Waals surface area contributed by atoms with Crippen LogP contribution < -0.4 is 11.1 Å². The van der Waals surface area contributed by atoms with E-state index in [0.29, 0.717) is 5.56 Å². The molecule has 3 nitrogen and oxygen atoms in total. The fourth-order valence-electron chi connectivity index (χ4n) is 2.42. The highest BCUT2D eigenvalue weighted by Crippen LogP contribution is 2.21. The largest absolute Gasteiger partial charge is 0.347 e. The first kappa shape index (κ1) is 17.3. The first-order valence-corrected chi connectivity index (χ1v) is 7.64. The Bertz CT molecular complexity index is 540. The summed E-state index contributed by atoms with van der Waals surface area (Å²) in [5, 5.41) is 3.20. The number of carbonyl (C=O) groups is 1. The van der Waals surface area contributed by atoms with Crippen LogP contribution in [0.25, 0.3) is 0 Å². The van der Waals surface area contributed by atoms with Gasteiger partial charge >= 0.3 is 0 Å². The molecular weight excluding hydrogens is 260 g/mol. The Morgan fingerprint density at radius 3 is 2.38 bits per heavy atom. The van der Waals surface area contributed by atoms with Crippen molar-refractivity contribution in [2.24, 2.45) is 5.73 Å². The highest BCUT2D eigenvalue weighted by atomic mass is 16.1. The zero-order valence-electron chi connectivity index (χ0n) is 13.5. The fourth-order valence-corrected chi connectivity index (χ4v) is 2.42. The molecule has 1 rings (SSSR count). The van der Waals surface area contributed by atoms with E-state index in [4.69, 9.17) is 5.73 Å². The number of nitrogens with two attached hydrogens (primary N) is 1. The summed E-state index contributed by atoms with van der Waals surface area (Å²) in [6, 6.07) is 5.74. The smallest absolute Gasteiger partial charge is 0.252 e. The molecule has 1 aromatic rings. The van der Waals surface area contributed by atoms with Gasteiger partial charge in [-0.3, -0.25) is 4.79 Å². The summed E-state index contributed by atoms with van der Waals surface area (Å²) in [5.41, 5.74) is 7.71. The third kappa shape index (κ3) is 4.34. The Morgan fingerprint density at radius 1 is 1.24 bits per heavy atom. The van der Waals surface area contributed by atoms with E-state index >= 15 is 0 Å². The minimum atomic E-state index is -0.139. The van der Waals surface area contributed by atoms with Gasteiger partial charge < -0.3 is 11.1 Å². The van der Waals surface area contributed by atoms with E-state index in [1.54, 1.807) is 0 Å². The number of benzene rings is 1. The summed E-state index contributed by atoms with van der Waals surface area (Å²) < 4.78 is 0. The van der Waals surface area contributed by atoms with Crippen molar-refractivity contribution in [3.8, 4) is 11.8 Å². The van der Waals surface area contributed by atoms with Crippen molar-refractivity contribution < 1.29 is 4.79 Å². The van der Waals surface area contributed by atoms with E-state index in [-0.39, 0.29) is 18.0 Å². The summed E-state index contributed by atoms with van der Waals surface area (Å²) >= 11 is 0. The molecule has 3 N–H and O–H groups in total. The van der Waals surface area contributed by atoms with Crippen LogP contribution in [0.5, 0.6) is 0 Å². The van der Waals surface area contributed by atoms with Gasteiger partial charge in [-0.05, 0) is 38.3 Å². The molecule has 114 valence electrons. The van der Waals surface area contributed by atoms with Crippen LogP contribution in [-0.2, 0) is 0 Å². The van der Waals surface area contributed by atoms with Crippen molar-refractivity contribution in [1.29, 1.82) is 0 Å². The predicted molar refractivity (Wildman–Crippen MR) is 88.2 cm³/mol. The molecular formula is C18H26N2O. The van der Waals surface area contributed by atoms with Crippen molar-refractivity contribution in [3.05, 3.63) is 34.9 Å². The Hall–Kier alpha value is -1.79. The van der Waals surface area contributed by atoms with Crippen LogP contribution in [0, 0.1) is 18.8 Å². The maximum atomic E-state index is 12.7. The Balaban J connectivity index is 3.14. The highest BCUT2D eigenvalue weighted by molar-refractivity contribution is 5.97. The van der Waals surface area contributed by atoms with Crippen LogP contribution in [0.4, 0.5) is 0 Å². The molecule has 0 radical (unpaired) electrons. The van der Waals surface area contributed by atoms with Gasteiger partial charge in [-0.1, -0.05) is 44.2 Å². The van der Waals surface area contributed by atoms with Crippen molar-refractivity contribution in [2.75, 3.05) is 6.54 Å². The Morgan fingerprint density at radius 2 is 1.86 bits per heavy atom. The van der Waals surface area contributed by atoms with E-state index < -0.39 is 0 Å². The monoisotopic (exact) mass is 286 g/mol. The second-order valence-electron chi connectivity index (χ2n) is 5.35. The zero-order valence-corrected chi connectivity index (χ0v) is 13.5. The molecule has 0 heterocycles. The molecule has 0 saturated heterocycles. The summed E-state index contributed by atoms with van der Waals surface area (Å²) in [7, 11) is 0. The zero-order chi connectivity index (χ0) is 15.9. The third-order valence-corrected chi connectivity index (χ3v) is 4.15. The van der Waals surface area contributed by atoms with E-state index in [0.717, 1.165) is 30.4 Å². The molecule has 0 aliphatic rings. The molecule has 1 aromatic carbocycles. The average molecular weight is 286 g/mol.